The van der Waals surface area contributed by atoms with E-state index in [1.54, 1.807) is 0 Å². The van der Waals surface area contributed by atoms with Crippen LogP contribution in [0, 0.1) is 6.92 Å². The molecule has 0 spiro atoms. The predicted molar refractivity (Wildman–Crippen MR) is 106 cm³/mol. The zero-order valence-corrected chi connectivity index (χ0v) is 16.4. The van der Waals surface area contributed by atoms with Crippen molar-refractivity contribution in [1.82, 2.24) is 9.88 Å². The van der Waals surface area contributed by atoms with E-state index >= 15 is 0 Å². The number of carbonyl (C=O) groups excluding carboxylic acids is 1. The molecule has 2 aromatic rings. The topological polar surface area (TPSA) is 42.4 Å². The van der Waals surface area contributed by atoms with E-state index in [0.29, 0.717) is 17.4 Å². The summed E-state index contributed by atoms with van der Waals surface area (Å²) in [4.78, 5) is 19.9. The number of hydrogen-bond acceptors (Lipinski definition) is 3. The van der Waals surface area contributed by atoms with Gasteiger partial charge >= 0.3 is 0 Å². The SMILES string of the molecule is Cc1cccc(OC2CCN(C(=O)C3(c4ccc(Cl)cc4)CCCC3)C2)n1. The molecule has 1 aliphatic carbocycles. The van der Waals surface area contributed by atoms with Crippen molar-refractivity contribution in [2.75, 3.05) is 13.1 Å². The molecule has 2 heterocycles. The van der Waals surface area contributed by atoms with Gasteiger partial charge in [0.1, 0.15) is 6.10 Å². The molecule has 2 fully saturated rings. The van der Waals surface area contributed by atoms with Crippen LogP contribution in [0.25, 0.3) is 0 Å². The van der Waals surface area contributed by atoms with Crippen molar-refractivity contribution in [1.29, 1.82) is 0 Å². The Hall–Kier alpha value is -2.07. The summed E-state index contributed by atoms with van der Waals surface area (Å²) in [6, 6.07) is 13.6. The average molecular weight is 385 g/mol. The van der Waals surface area contributed by atoms with Crippen LogP contribution in [0.15, 0.2) is 42.5 Å². The normalized spacial score (nSPS) is 21.4. The quantitative estimate of drug-likeness (QED) is 0.777. The smallest absolute Gasteiger partial charge is 0.233 e. The lowest BCUT2D eigenvalue weighted by molar-refractivity contribution is -0.136. The second-order valence-electron chi connectivity index (χ2n) is 7.69. The number of carbonyl (C=O) groups is 1. The molecule has 1 saturated heterocycles. The molecular formula is C22H25ClN2O2. The fourth-order valence-corrected chi connectivity index (χ4v) is 4.57. The molecule has 0 N–H and O–H groups in total. The summed E-state index contributed by atoms with van der Waals surface area (Å²) in [6.45, 7) is 3.32. The lowest BCUT2D eigenvalue weighted by Crippen LogP contribution is -2.45. The number of hydrogen-bond donors (Lipinski definition) is 0. The van der Waals surface area contributed by atoms with E-state index in [1.807, 2.05) is 54.3 Å². The molecular weight excluding hydrogens is 360 g/mol. The Morgan fingerprint density at radius 3 is 2.63 bits per heavy atom. The number of amides is 1. The number of ether oxygens (including phenoxy) is 1. The summed E-state index contributed by atoms with van der Waals surface area (Å²) in [5.41, 5.74) is 1.63. The zero-order chi connectivity index (χ0) is 18.9. The largest absolute Gasteiger partial charge is 0.472 e. The van der Waals surface area contributed by atoms with Gasteiger partial charge in [0.05, 0.1) is 12.0 Å². The highest BCUT2D eigenvalue weighted by Gasteiger charge is 2.46. The summed E-state index contributed by atoms with van der Waals surface area (Å²) in [7, 11) is 0. The molecule has 5 heteroatoms. The van der Waals surface area contributed by atoms with E-state index in [2.05, 4.69) is 4.98 Å². The first-order valence-corrected chi connectivity index (χ1v) is 10.1. The van der Waals surface area contributed by atoms with Crippen molar-refractivity contribution >= 4 is 17.5 Å². The first-order chi connectivity index (χ1) is 13.1. The van der Waals surface area contributed by atoms with Crippen molar-refractivity contribution in [3.05, 3.63) is 58.7 Å². The molecule has 1 aromatic heterocycles. The zero-order valence-electron chi connectivity index (χ0n) is 15.7. The Morgan fingerprint density at radius 1 is 1.19 bits per heavy atom. The summed E-state index contributed by atoms with van der Waals surface area (Å²) in [5, 5.41) is 0.708. The number of halogens is 1. The third kappa shape index (κ3) is 3.68. The number of aromatic nitrogens is 1. The fourth-order valence-electron chi connectivity index (χ4n) is 4.44. The minimum Gasteiger partial charge on any atom is -0.472 e. The molecule has 4 rings (SSSR count). The number of benzene rings is 1. The molecule has 0 radical (unpaired) electrons. The second kappa shape index (κ2) is 7.51. The van der Waals surface area contributed by atoms with Crippen molar-refractivity contribution in [3.8, 4) is 5.88 Å². The molecule has 1 amide bonds. The van der Waals surface area contributed by atoms with Gasteiger partial charge in [0, 0.05) is 29.7 Å². The Balaban J connectivity index is 1.49. The Kier molecular flexibility index (Phi) is 5.09. The van der Waals surface area contributed by atoms with Gasteiger partial charge in [0.25, 0.3) is 0 Å². The Labute approximate surface area is 165 Å². The first kappa shape index (κ1) is 18.3. The summed E-state index contributed by atoms with van der Waals surface area (Å²) < 4.78 is 6.03. The maximum atomic E-state index is 13.5. The monoisotopic (exact) mass is 384 g/mol. The Bertz CT molecular complexity index is 815. The van der Waals surface area contributed by atoms with E-state index in [9.17, 15) is 4.79 Å². The van der Waals surface area contributed by atoms with Crippen LogP contribution < -0.4 is 4.74 Å². The number of pyridine rings is 1. The van der Waals surface area contributed by atoms with E-state index in [1.165, 1.54) is 0 Å². The van der Waals surface area contributed by atoms with Gasteiger partial charge in [-0.05, 0) is 43.5 Å². The van der Waals surface area contributed by atoms with Gasteiger partial charge in [-0.2, -0.15) is 0 Å². The van der Waals surface area contributed by atoms with E-state index in [0.717, 1.165) is 49.9 Å². The second-order valence-corrected chi connectivity index (χ2v) is 8.13. The van der Waals surface area contributed by atoms with Crippen molar-refractivity contribution < 1.29 is 9.53 Å². The van der Waals surface area contributed by atoms with Crippen LogP contribution in [0.2, 0.25) is 5.02 Å². The highest BCUT2D eigenvalue weighted by atomic mass is 35.5. The van der Waals surface area contributed by atoms with Crippen LogP contribution in [0.5, 0.6) is 5.88 Å². The summed E-state index contributed by atoms with van der Waals surface area (Å²) >= 11 is 6.06. The lowest BCUT2D eigenvalue weighted by atomic mass is 9.77. The molecule has 1 saturated carbocycles. The van der Waals surface area contributed by atoms with Crippen LogP contribution >= 0.6 is 11.6 Å². The number of rotatable bonds is 4. The molecule has 1 unspecified atom stereocenters. The Morgan fingerprint density at radius 2 is 1.93 bits per heavy atom. The molecule has 27 heavy (non-hydrogen) atoms. The summed E-state index contributed by atoms with van der Waals surface area (Å²) in [6.07, 6.45) is 4.86. The van der Waals surface area contributed by atoms with Crippen molar-refractivity contribution in [3.63, 3.8) is 0 Å². The molecule has 4 nitrogen and oxygen atoms in total. The average Bonchev–Trinajstić information content (AvgIpc) is 3.32. The predicted octanol–water partition coefficient (Wildman–Crippen LogP) is 4.54. The molecule has 0 bridgehead atoms. The fraction of sp³-hybridized carbons (Fsp3) is 0.455. The molecule has 1 aliphatic heterocycles. The van der Waals surface area contributed by atoms with Gasteiger partial charge in [0.15, 0.2) is 0 Å². The minimum atomic E-state index is -0.402. The third-order valence-electron chi connectivity index (χ3n) is 5.85. The van der Waals surface area contributed by atoms with Crippen LogP contribution in [0.4, 0.5) is 0 Å². The van der Waals surface area contributed by atoms with Crippen LogP contribution in [-0.4, -0.2) is 35.0 Å². The minimum absolute atomic E-state index is 0.00641. The number of likely N-dealkylation sites (tertiary alicyclic amines) is 1. The number of nitrogens with zero attached hydrogens (tertiary/aromatic N) is 2. The van der Waals surface area contributed by atoms with Gasteiger partial charge in [-0.1, -0.05) is 42.6 Å². The van der Waals surface area contributed by atoms with Crippen molar-refractivity contribution in [2.24, 2.45) is 0 Å². The maximum absolute atomic E-state index is 13.5. The van der Waals surface area contributed by atoms with Crippen molar-refractivity contribution in [2.45, 2.75) is 50.5 Å². The van der Waals surface area contributed by atoms with E-state index in [4.69, 9.17) is 16.3 Å². The molecule has 142 valence electrons. The highest BCUT2D eigenvalue weighted by Crippen LogP contribution is 2.43. The molecule has 2 aliphatic rings. The van der Waals surface area contributed by atoms with Gasteiger partial charge in [0.2, 0.25) is 11.8 Å². The summed E-state index contributed by atoms with van der Waals surface area (Å²) in [5.74, 6) is 0.883. The first-order valence-electron chi connectivity index (χ1n) is 9.73. The van der Waals surface area contributed by atoms with Gasteiger partial charge < -0.3 is 9.64 Å². The molecule has 1 atom stereocenters. The standard InChI is InChI=1S/C22H25ClN2O2/c1-16-5-4-6-20(24-16)27-19-11-14-25(15-19)21(26)22(12-2-3-13-22)17-7-9-18(23)10-8-17/h4-10,19H,2-3,11-15H2,1H3. The van der Waals surface area contributed by atoms with Gasteiger partial charge in [-0.15, -0.1) is 0 Å². The lowest BCUT2D eigenvalue weighted by Gasteiger charge is -2.33. The highest BCUT2D eigenvalue weighted by molar-refractivity contribution is 6.30. The van der Waals surface area contributed by atoms with Gasteiger partial charge in [-0.3, -0.25) is 4.79 Å². The van der Waals surface area contributed by atoms with Gasteiger partial charge in [-0.25, -0.2) is 4.98 Å². The maximum Gasteiger partial charge on any atom is 0.233 e. The van der Waals surface area contributed by atoms with Crippen LogP contribution in [-0.2, 0) is 10.2 Å². The van der Waals surface area contributed by atoms with E-state index < -0.39 is 5.41 Å². The van der Waals surface area contributed by atoms with Crippen LogP contribution in [0.3, 0.4) is 0 Å². The van der Waals surface area contributed by atoms with Crippen LogP contribution in [0.1, 0.15) is 43.4 Å². The number of aryl methyl sites for hydroxylation is 1. The third-order valence-corrected chi connectivity index (χ3v) is 6.10. The molecule has 1 aromatic carbocycles. The van der Waals surface area contributed by atoms with E-state index in [-0.39, 0.29) is 12.0 Å².